The van der Waals surface area contributed by atoms with Crippen LogP contribution in [0.25, 0.3) is 22.0 Å². The van der Waals surface area contributed by atoms with Crippen molar-refractivity contribution in [2.75, 3.05) is 5.73 Å². The third-order valence-electron chi connectivity index (χ3n) is 3.74. The maximum Gasteiger partial charge on any atom is 0.416 e. The molecule has 3 rings (SSSR count). The Balaban J connectivity index is 2.21. The van der Waals surface area contributed by atoms with E-state index in [1.54, 1.807) is 36.0 Å². The standard InChI is InChI=1S/C17H13F3N2O/c1-22-9-14(10-2-4-11(5-3-10)17(18,19)20)16(23)13-8-12(21)6-7-15(13)22/h2-9H,21H2,1H3. The average molecular weight is 318 g/mol. The zero-order valence-electron chi connectivity index (χ0n) is 12.2. The number of hydrogen-bond donors (Lipinski definition) is 1. The monoisotopic (exact) mass is 318 g/mol. The van der Waals surface area contributed by atoms with Gasteiger partial charge >= 0.3 is 6.18 Å². The van der Waals surface area contributed by atoms with Crippen LogP contribution in [-0.4, -0.2) is 4.57 Å². The van der Waals surface area contributed by atoms with E-state index in [4.69, 9.17) is 5.73 Å². The number of nitrogen functional groups attached to an aromatic ring is 1. The van der Waals surface area contributed by atoms with Crippen LogP contribution in [0.5, 0.6) is 0 Å². The number of aryl methyl sites for hydroxylation is 1. The molecule has 0 saturated heterocycles. The molecule has 0 amide bonds. The largest absolute Gasteiger partial charge is 0.416 e. The molecule has 2 N–H and O–H groups in total. The van der Waals surface area contributed by atoms with Crippen molar-refractivity contribution in [3.05, 3.63) is 64.4 Å². The Labute approximate surface area is 129 Å². The van der Waals surface area contributed by atoms with E-state index in [2.05, 4.69) is 0 Å². The molecule has 0 fully saturated rings. The maximum atomic E-state index is 12.6. The lowest BCUT2D eigenvalue weighted by Gasteiger charge is -2.11. The van der Waals surface area contributed by atoms with E-state index in [1.807, 2.05) is 0 Å². The van der Waals surface area contributed by atoms with E-state index in [1.165, 1.54) is 12.1 Å². The fourth-order valence-electron chi connectivity index (χ4n) is 2.55. The molecule has 0 saturated carbocycles. The van der Waals surface area contributed by atoms with Crippen LogP contribution in [0.4, 0.5) is 18.9 Å². The first kappa shape index (κ1) is 15.1. The molecule has 1 heterocycles. The number of pyridine rings is 1. The molecule has 0 bridgehead atoms. The smallest absolute Gasteiger partial charge is 0.399 e. The van der Waals surface area contributed by atoms with Gasteiger partial charge in [0.05, 0.1) is 11.1 Å². The summed E-state index contributed by atoms with van der Waals surface area (Å²) < 4.78 is 39.7. The van der Waals surface area contributed by atoms with Crippen molar-refractivity contribution < 1.29 is 13.2 Å². The Hall–Kier alpha value is -2.76. The summed E-state index contributed by atoms with van der Waals surface area (Å²) >= 11 is 0. The van der Waals surface area contributed by atoms with Gasteiger partial charge in [-0.3, -0.25) is 4.79 Å². The predicted molar refractivity (Wildman–Crippen MR) is 84.0 cm³/mol. The summed E-state index contributed by atoms with van der Waals surface area (Å²) in [7, 11) is 1.77. The number of nitrogens with two attached hydrogens (primary N) is 1. The second-order valence-electron chi connectivity index (χ2n) is 5.33. The SMILES string of the molecule is Cn1cc(-c2ccc(C(F)(F)F)cc2)c(=O)c2cc(N)ccc21. The van der Waals surface area contributed by atoms with E-state index >= 15 is 0 Å². The highest BCUT2D eigenvalue weighted by Gasteiger charge is 2.30. The molecule has 2 aromatic carbocycles. The van der Waals surface area contributed by atoms with Gasteiger partial charge in [-0.1, -0.05) is 12.1 Å². The minimum Gasteiger partial charge on any atom is -0.399 e. The molecule has 0 spiro atoms. The van der Waals surface area contributed by atoms with Gasteiger partial charge in [0.25, 0.3) is 0 Å². The molecular weight excluding hydrogens is 305 g/mol. The molecule has 0 radical (unpaired) electrons. The van der Waals surface area contributed by atoms with Gasteiger partial charge in [0.2, 0.25) is 0 Å². The van der Waals surface area contributed by atoms with Crippen molar-refractivity contribution >= 4 is 16.6 Å². The summed E-state index contributed by atoms with van der Waals surface area (Å²) in [5, 5.41) is 0.435. The quantitative estimate of drug-likeness (QED) is 0.694. The number of alkyl halides is 3. The van der Waals surface area contributed by atoms with Crippen molar-refractivity contribution in [3.8, 4) is 11.1 Å². The number of anilines is 1. The zero-order valence-corrected chi connectivity index (χ0v) is 12.2. The molecule has 3 aromatic rings. The van der Waals surface area contributed by atoms with Crippen LogP contribution >= 0.6 is 0 Å². The second-order valence-corrected chi connectivity index (χ2v) is 5.33. The van der Waals surface area contributed by atoms with Gasteiger partial charge in [0.1, 0.15) is 0 Å². The topological polar surface area (TPSA) is 48.0 Å². The van der Waals surface area contributed by atoms with Gasteiger partial charge < -0.3 is 10.3 Å². The fourth-order valence-corrected chi connectivity index (χ4v) is 2.55. The number of hydrogen-bond acceptors (Lipinski definition) is 2. The van der Waals surface area contributed by atoms with Crippen LogP contribution in [0.15, 0.2) is 53.5 Å². The summed E-state index contributed by atoms with van der Waals surface area (Å²) in [6.45, 7) is 0. The van der Waals surface area contributed by atoms with Crippen LogP contribution in [0.3, 0.4) is 0 Å². The molecule has 6 heteroatoms. The van der Waals surface area contributed by atoms with Crippen molar-refractivity contribution in [1.29, 1.82) is 0 Å². The van der Waals surface area contributed by atoms with E-state index in [9.17, 15) is 18.0 Å². The Morgan fingerprint density at radius 2 is 1.70 bits per heavy atom. The lowest BCUT2D eigenvalue weighted by molar-refractivity contribution is -0.137. The molecule has 1 aromatic heterocycles. The molecule has 23 heavy (non-hydrogen) atoms. The minimum absolute atomic E-state index is 0.259. The Bertz CT molecular complexity index is 941. The molecular formula is C17H13F3N2O. The Kier molecular flexibility index (Phi) is 3.39. The lowest BCUT2D eigenvalue weighted by Crippen LogP contribution is -2.11. The van der Waals surface area contributed by atoms with Crippen LogP contribution in [-0.2, 0) is 13.2 Å². The third kappa shape index (κ3) is 2.67. The molecule has 3 nitrogen and oxygen atoms in total. The highest BCUT2D eigenvalue weighted by atomic mass is 19.4. The molecule has 0 unspecified atom stereocenters. The van der Waals surface area contributed by atoms with Gasteiger partial charge in [0.15, 0.2) is 5.43 Å². The van der Waals surface area contributed by atoms with Gasteiger partial charge in [-0.05, 0) is 35.9 Å². The van der Waals surface area contributed by atoms with E-state index in [0.29, 0.717) is 27.7 Å². The predicted octanol–water partition coefficient (Wildman–Crippen LogP) is 3.81. The first-order chi connectivity index (χ1) is 10.8. The van der Waals surface area contributed by atoms with Crippen LogP contribution in [0, 0.1) is 0 Å². The fraction of sp³-hybridized carbons (Fsp3) is 0.118. The van der Waals surface area contributed by atoms with Crippen LogP contribution in [0.2, 0.25) is 0 Å². The molecule has 0 aliphatic rings. The van der Waals surface area contributed by atoms with Gasteiger partial charge in [-0.25, -0.2) is 0 Å². The highest BCUT2D eigenvalue weighted by Crippen LogP contribution is 2.30. The van der Waals surface area contributed by atoms with Crippen molar-refractivity contribution in [2.24, 2.45) is 7.05 Å². The average Bonchev–Trinajstić information content (AvgIpc) is 2.50. The Morgan fingerprint density at radius 1 is 1.04 bits per heavy atom. The van der Waals surface area contributed by atoms with Gasteiger partial charge in [-0.2, -0.15) is 13.2 Å². The zero-order chi connectivity index (χ0) is 16.8. The number of nitrogens with zero attached hydrogens (tertiary/aromatic N) is 1. The van der Waals surface area contributed by atoms with Crippen molar-refractivity contribution in [1.82, 2.24) is 4.57 Å². The lowest BCUT2D eigenvalue weighted by atomic mass is 10.0. The minimum atomic E-state index is -4.40. The number of fused-ring (bicyclic) bond motifs is 1. The van der Waals surface area contributed by atoms with Crippen LogP contribution in [0.1, 0.15) is 5.56 Å². The first-order valence-electron chi connectivity index (χ1n) is 6.84. The molecule has 0 aliphatic carbocycles. The number of rotatable bonds is 1. The van der Waals surface area contributed by atoms with Gasteiger partial charge in [0, 0.05) is 29.9 Å². The molecule has 118 valence electrons. The maximum absolute atomic E-state index is 12.6. The molecule has 0 atom stereocenters. The van der Waals surface area contributed by atoms with Crippen molar-refractivity contribution in [2.45, 2.75) is 6.18 Å². The highest BCUT2D eigenvalue weighted by molar-refractivity contribution is 5.86. The Morgan fingerprint density at radius 3 is 2.30 bits per heavy atom. The van der Waals surface area contributed by atoms with Crippen molar-refractivity contribution in [3.63, 3.8) is 0 Å². The first-order valence-corrected chi connectivity index (χ1v) is 6.84. The summed E-state index contributed by atoms with van der Waals surface area (Å²) in [6, 6.07) is 9.56. The molecule has 0 aliphatic heterocycles. The van der Waals surface area contributed by atoms with Crippen LogP contribution < -0.4 is 11.2 Å². The normalized spacial score (nSPS) is 11.8. The van der Waals surface area contributed by atoms with E-state index < -0.39 is 11.7 Å². The summed E-state index contributed by atoms with van der Waals surface area (Å²) in [5.74, 6) is 0. The van der Waals surface area contributed by atoms with Gasteiger partial charge in [-0.15, -0.1) is 0 Å². The summed E-state index contributed by atoms with van der Waals surface area (Å²) in [5.41, 5.74) is 6.65. The number of benzene rings is 2. The van der Waals surface area contributed by atoms with E-state index in [0.717, 1.165) is 12.1 Å². The van der Waals surface area contributed by atoms with E-state index in [-0.39, 0.29) is 5.43 Å². The third-order valence-corrected chi connectivity index (χ3v) is 3.74. The summed E-state index contributed by atoms with van der Waals surface area (Å²) in [4.78, 5) is 12.6. The summed E-state index contributed by atoms with van der Waals surface area (Å²) in [6.07, 6.45) is -2.79. The number of aromatic nitrogens is 1. The second kappa shape index (κ2) is 5.15. The number of halogens is 3.